The molecule has 1 aromatic carbocycles. The fourth-order valence-electron chi connectivity index (χ4n) is 2.71. The van der Waals surface area contributed by atoms with Gasteiger partial charge in [0.15, 0.2) is 0 Å². The first-order chi connectivity index (χ1) is 13.1. The van der Waals surface area contributed by atoms with Crippen LogP contribution in [0.5, 0.6) is 0 Å². The largest absolute Gasteiger partial charge is 0.427 e. The normalized spacial score (nSPS) is 10.9. The molecule has 27 heavy (non-hydrogen) atoms. The molecular weight excluding hydrogens is 387 g/mol. The number of hydrogen-bond acceptors (Lipinski definition) is 4. The molecule has 1 amide bonds. The summed E-state index contributed by atoms with van der Waals surface area (Å²) in [4.78, 5) is 20.6. The minimum atomic E-state index is -0.0196. The summed E-state index contributed by atoms with van der Waals surface area (Å²) < 4.78 is 7.80. The summed E-state index contributed by atoms with van der Waals surface area (Å²) in [5.74, 6) is 1.90. The van der Waals surface area contributed by atoms with E-state index < -0.39 is 0 Å². The van der Waals surface area contributed by atoms with Gasteiger partial charge in [-0.2, -0.15) is 4.98 Å². The van der Waals surface area contributed by atoms with Gasteiger partial charge in [-0.3, -0.25) is 9.36 Å². The number of aromatic nitrogens is 3. The maximum absolute atomic E-state index is 11.8. The number of amides is 1. The quantitative estimate of drug-likeness (QED) is 0.569. The molecule has 0 aliphatic rings. The minimum absolute atomic E-state index is 0.0196. The molecule has 1 N–H and O–H groups in total. The Morgan fingerprint density at radius 2 is 2.07 bits per heavy atom. The van der Waals surface area contributed by atoms with Crippen LogP contribution in [0, 0.1) is 6.92 Å². The topological polar surface area (TPSA) is 73.0 Å². The van der Waals surface area contributed by atoms with Crippen LogP contribution in [0.3, 0.4) is 0 Å². The molecule has 0 saturated heterocycles. The first-order valence-electron chi connectivity index (χ1n) is 8.67. The van der Waals surface area contributed by atoms with Crippen LogP contribution in [-0.2, 0) is 11.2 Å². The highest BCUT2D eigenvalue weighted by Crippen LogP contribution is 2.28. The number of alkyl halides is 1. The van der Waals surface area contributed by atoms with Crippen LogP contribution in [0.25, 0.3) is 17.3 Å². The molecule has 3 aromatic rings. The Morgan fingerprint density at radius 1 is 1.30 bits per heavy atom. The monoisotopic (exact) mass is 406 g/mol. The molecular formula is C19H20Cl2N4O2. The molecule has 0 aliphatic carbocycles. The first kappa shape index (κ1) is 19.5. The molecule has 0 saturated carbocycles. The van der Waals surface area contributed by atoms with E-state index in [1.165, 1.54) is 0 Å². The lowest BCUT2D eigenvalue weighted by molar-refractivity contribution is -0.121. The minimum Gasteiger partial charge on any atom is -0.427 e. The zero-order valence-electron chi connectivity index (χ0n) is 14.9. The summed E-state index contributed by atoms with van der Waals surface area (Å²) in [7, 11) is 0. The van der Waals surface area contributed by atoms with E-state index in [1.807, 2.05) is 31.2 Å². The Morgan fingerprint density at radius 3 is 2.74 bits per heavy atom. The van der Waals surface area contributed by atoms with Crippen molar-refractivity contribution in [2.24, 2.45) is 0 Å². The third kappa shape index (κ3) is 4.90. The van der Waals surface area contributed by atoms with E-state index in [9.17, 15) is 4.79 Å². The number of hydrogen-bond donors (Lipinski definition) is 1. The van der Waals surface area contributed by atoms with E-state index in [4.69, 9.17) is 27.6 Å². The zero-order chi connectivity index (χ0) is 19.2. The number of oxazole rings is 1. The maximum Gasteiger partial charge on any atom is 0.307 e. The molecule has 0 spiro atoms. The van der Waals surface area contributed by atoms with E-state index in [0.29, 0.717) is 42.7 Å². The van der Waals surface area contributed by atoms with Crippen molar-refractivity contribution in [3.05, 3.63) is 53.3 Å². The lowest BCUT2D eigenvalue weighted by Crippen LogP contribution is -2.24. The van der Waals surface area contributed by atoms with Gasteiger partial charge in [0, 0.05) is 48.2 Å². The summed E-state index contributed by atoms with van der Waals surface area (Å²) in [6.07, 6.45) is 5.13. The number of aryl methyl sites for hydroxylation is 2. The maximum atomic E-state index is 11.8. The van der Waals surface area contributed by atoms with Gasteiger partial charge >= 0.3 is 6.01 Å². The SMILES string of the molecule is Cc1nccn1-c1nc(-c2ccc(Cl)cc2)c(CCCC(=O)NCCCl)o1. The van der Waals surface area contributed by atoms with Crippen LogP contribution in [0.1, 0.15) is 24.4 Å². The van der Waals surface area contributed by atoms with Gasteiger partial charge in [-0.25, -0.2) is 4.98 Å². The molecule has 0 aliphatic heterocycles. The number of rotatable bonds is 8. The lowest BCUT2D eigenvalue weighted by atomic mass is 10.1. The van der Waals surface area contributed by atoms with Gasteiger partial charge < -0.3 is 9.73 Å². The van der Waals surface area contributed by atoms with Crippen LogP contribution in [0.2, 0.25) is 5.02 Å². The summed E-state index contributed by atoms with van der Waals surface area (Å²) in [5.41, 5.74) is 1.66. The fourth-order valence-corrected chi connectivity index (χ4v) is 2.93. The molecule has 0 unspecified atom stereocenters. The van der Waals surface area contributed by atoms with Gasteiger partial charge in [-0.05, 0) is 25.5 Å². The predicted octanol–water partition coefficient (Wildman–Crippen LogP) is 4.17. The van der Waals surface area contributed by atoms with Crippen LogP contribution in [0.4, 0.5) is 0 Å². The van der Waals surface area contributed by atoms with Crippen molar-refractivity contribution in [1.82, 2.24) is 19.9 Å². The van der Waals surface area contributed by atoms with Gasteiger partial charge in [0.25, 0.3) is 0 Å². The third-order valence-corrected chi connectivity index (χ3v) is 4.50. The molecule has 0 radical (unpaired) electrons. The molecule has 0 atom stereocenters. The van der Waals surface area contributed by atoms with Gasteiger partial charge in [0.1, 0.15) is 17.3 Å². The van der Waals surface area contributed by atoms with Crippen LogP contribution < -0.4 is 5.32 Å². The number of carbonyl (C=O) groups excluding carboxylic acids is 1. The van der Waals surface area contributed by atoms with Gasteiger partial charge in [-0.1, -0.05) is 23.7 Å². The van der Waals surface area contributed by atoms with Crippen molar-refractivity contribution in [2.45, 2.75) is 26.2 Å². The standard InChI is InChI=1S/C19H20Cl2N4O2/c1-13-22-11-12-25(13)19-24-18(14-5-7-15(21)8-6-14)16(27-19)3-2-4-17(26)23-10-9-20/h5-8,11-12H,2-4,9-10H2,1H3,(H,23,26). The number of halogens is 2. The predicted molar refractivity (Wildman–Crippen MR) is 105 cm³/mol. The van der Waals surface area contributed by atoms with Crippen LogP contribution in [-0.4, -0.2) is 32.9 Å². The average Bonchev–Trinajstić information content (AvgIpc) is 3.27. The smallest absolute Gasteiger partial charge is 0.307 e. The van der Waals surface area contributed by atoms with E-state index in [-0.39, 0.29) is 5.91 Å². The first-order valence-corrected chi connectivity index (χ1v) is 9.58. The Balaban J connectivity index is 1.82. The molecule has 8 heteroatoms. The van der Waals surface area contributed by atoms with Crippen molar-refractivity contribution >= 4 is 29.1 Å². The van der Waals surface area contributed by atoms with E-state index in [0.717, 1.165) is 22.8 Å². The van der Waals surface area contributed by atoms with Gasteiger partial charge in [-0.15, -0.1) is 11.6 Å². The highest BCUT2D eigenvalue weighted by molar-refractivity contribution is 6.30. The molecule has 0 bridgehead atoms. The van der Waals surface area contributed by atoms with Crippen molar-refractivity contribution in [3.8, 4) is 17.3 Å². The summed E-state index contributed by atoms with van der Waals surface area (Å²) in [5, 5.41) is 3.42. The summed E-state index contributed by atoms with van der Waals surface area (Å²) >= 11 is 11.6. The Labute approximate surface area is 167 Å². The van der Waals surface area contributed by atoms with Gasteiger partial charge in [0.2, 0.25) is 5.91 Å². The van der Waals surface area contributed by atoms with Gasteiger partial charge in [0.05, 0.1) is 0 Å². The Bertz CT molecular complexity index is 903. The number of carbonyl (C=O) groups is 1. The van der Waals surface area contributed by atoms with Crippen molar-refractivity contribution in [1.29, 1.82) is 0 Å². The number of nitrogens with one attached hydrogen (secondary N) is 1. The summed E-state index contributed by atoms with van der Waals surface area (Å²) in [6, 6.07) is 7.90. The van der Waals surface area contributed by atoms with Crippen molar-refractivity contribution in [2.75, 3.05) is 12.4 Å². The second kappa shape index (κ2) is 9.06. The lowest BCUT2D eigenvalue weighted by Gasteiger charge is -2.03. The second-order valence-corrected chi connectivity index (χ2v) is 6.83. The number of imidazole rings is 1. The molecule has 6 nitrogen and oxygen atoms in total. The Hall–Kier alpha value is -2.31. The van der Waals surface area contributed by atoms with E-state index >= 15 is 0 Å². The number of benzene rings is 1. The van der Waals surface area contributed by atoms with E-state index in [2.05, 4.69) is 15.3 Å². The molecule has 142 valence electrons. The molecule has 3 rings (SSSR count). The molecule has 2 aromatic heterocycles. The van der Waals surface area contributed by atoms with Crippen LogP contribution >= 0.6 is 23.2 Å². The van der Waals surface area contributed by atoms with E-state index in [1.54, 1.807) is 17.0 Å². The summed E-state index contributed by atoms with van der Waals surface area (Å²) in [6.45, 7) is 2.36. The highest BCUT2D eigenvalue weighted by atomic mass is 35.5. The molecule has 2 heterocycles. The number of nitrogens with zero attached hydrogens (tertiary/aromatic N) is 3. The Kier molecular flexibility index (Phi) is 6.53. The fraction of sp³-hybridized carbons (Fsp3) is 0.316. The van der Waals surface area contributed by atoms with Crippen LogP contribution in [0.15, 0.2) is 41.1 Å². The second-order valence-electron chi connectivity index (χ2n) is 6.01. The third-order valence-electron chi connectivity index (χ3n) is 4.06. The average molecular weight is 407 g/mol. The van der Waals surface area contributed by atoms with Crippen molar-refractivity contribution in [3.63, 3.8) is 0 Å². The van der Waals surface area contributed by atoms with Crippen molar-refractivity contribution < 1.29 is 9.21 Å². The molecule has 0 fully saturated rings. The zero-order valence-corrected chi connectivity index (χ0v) is 16.4. The highest BCUT2D eigenvalue weighted by Gasteiger charge is 2.17.